The molecule has 0 bridgehead atoms. The topological polar surface area (TPSA) is 63.3 Å². The Hall–Kier alpha value is -3.99. The van der Waals surface area contributed by atoms with E-state index in [0.29, 0.717) is 33.7 Å². The molecule has 2 aromatic heterocycles. The van der Waals surface area contributed by atoms with E-state index in [1.54, 1.807) is 36.4 Å². The molecule has 0 spiro atoms. The molecule has 4 nitrogen and oxygen atoms in total. The van der Waals surface area contributed by atoms with Crippen LogP contribution in [0.1, 0.15) is 10.4 Å². The summed E-state index contributed by atoms with van der Waals surface area (Å²) in [4.78, 5) is 16.6. The predicted octanol–water partition coefficient (Wildman–Crippen LogP) is 6.15. The Morgan fingerprint density at radius 3 is 2.48 bits per heavy atom. The molecule has 0 radical (unpaired) electrons. The second-order valence-corrected chi connectivity index (χ2v) is 6.68. The van der Waals surface area contributed by atoms with Gasteiger partial charge in [-0.25, -0.2) is 14.2 Å². The van der Waals surface area contributed by atoms with Crippen molar-refractivity contribution in [1.29, 1.82) is 0 Å². The first-order valence-corrected chi connectivity index (χ1v) is 9.03. The normalized spacial score (nSPS) is 11.2. The van der Waals surface area contributed by atoms with Gasteiger partial charge >= 0.3 is 5.97 Å². The summed E-state index contributed by atoms with van der Waals surface area (Å²) in [6.45, 7) is 0. The van der Waals surface area contributed by atoms with E-state index in [9.17, 15) is 14.3 Å². The Bertz CT molecular complexity index is 1400. The highest BCUT2D eigenvalue weighted by atomic mass is 19.1. The number of furan rings is 1. The van der Waals surface area contributed by atoms with Gasteiger partial charge in [0.05, 0.1) is 16.6 Å². The summed E-state index contributed by atoms with van der Waals surface area (Å²) >= 11 is 0. The zero-order valence-electron chi connectivity index (χ0n) is 15.1. The number of carboxylic acids is 1. The van der Waals surface area contributed by atoms with E-state index >= 15 is 0 Å². The lowest BCUT2D eigenvalue weighted by Gasteiger charge is -2.09. The molecule has 0 aliphatic heterocycles. The Labute approximate surface area is 164 Å². The maximum absolute atomic E-state index is 14.1. The number of fused-ring (bicyclic) bond motifs is 3. The van der Waals surface area contributed by atoms with Crippen molar-refractivity contribution in [3.8, 4) is 22.8 Å². The molecular weight excluding hydrogens is 369 g/mol. The molecule has 2 heterocycles. The number of benzene rings is 3. The van der Waals surface area contributed by atoms with E-state index in [1.807, 2.05) is 30.3 Å². The third-order valence-corrected chi connectivity index (χ3v) is 4.93. The zero-order chi connectivity index (χ0) is 20.0. The van der Waals surface area contributed by atoms with Crippen LogP contribution in [0.15, 0.2) is 83.3 Å². The minimum absolute atomic E-state index is 0.144. The summed E-state index contributed by atoms with van der Waals surface area (Å²) in [6, 6.07) is 22.4. The Morgan fingerprint density at radius 2 is 1.66 bits per heavy atom. The van der Waals surface area contributed by atoms with Crippen molar-refractivity contribution >= 4 is 27.6 Å². The van der Waals surface area contributed by atoms with Gasteiger partial charge in [-0.15, -0.1) is 0 Å². The molecule has 140 valence electrons. The van der Waals surface area contributed by atoms with E-state index < -0.39 is 11.8 Å². The van der Waals surface area contributed by atoms with E-state index in [1.165, 1.54) is 12.1 Å². The fourth-order valence-electron chi connectivity index (χ4n) is 3.58. The second kappa shape index (κ2) is 6.56. The number of carbonyl (C=O) groups is 1. The largest absolute Gasteiger partial charge is 0.478 e. The molecule has 3 aromatic carbocycles. The lowest BCUT2D eigenvalue weighted by Crippen LogP contribution is -2.00. The summed E-state index contributed by atoms with van der Waals surface area (Å²) in [5.41, 5.74) is 1.42. The molecule has 5 rings (SSSR count). The van der Waals surface area contributed by atoms with Crippen molar-refractivity contribution in [2.45, 2.75) is 0 Å². The number of hydrogen-bond acceptors (Lipinski definition) is 3. The third-order valence-electron chi connectivity index (χ3n) is 4.93. The van der Waals surface area contributed by atoms with Gasteiger partial charge in [0.25, 0.3) is 0 Å². The van der Waals surface area contributed by atoms with Gasteiger partial charge in [0.15, 0.2) is 5.76 Å². The van der Waals surface area contributed by atoms with Gasteiger partial charge in [0.2, 0.25) is 0 Å². The number of pyridine rings is 1. The van der Waals surface area contributed by atoms with Gasteiger partial charge in [0, 0.05) is 5.39 Å². The fourth-order valence-corrected chi connectivity index (χ4v) is 3.58. The number of carboxylic acid groups (broad SMARTS) is 1. The Morgan fingerprint density at radius 1 is 0.897 bits per heavy atom. The van der Waals surface area contributed by atoms with Crippen LogP contribution in [0.5, 0.6) is 0 Å². The van der Waals surface area contributed by atoms with Crippen LogP contribution < -0.4 is 0 Å². The summed E-state index contributed by atoms with van der Waals surface area (Å²) in [6.07, 6.45) is 0. The van der Waals surface area contributed by atoms with Gasteiger partial charge in [-0.1, -0.05) is 42.5 Å². The highest BCUT2D eigenvalue weighted by Gasteiger charge is 2.18. The number of aromatic carboxylic acids is 1. The van der Waals surface area contributed by atoms with Crippen LogP contribution in [0.4, 0.5) is 4.39 Å². The van der Waals surface area contributed by atoms with Crippen molar-refractivity contribution in [2.24, 2.45) is 0 Å². The van der Waals surface area contributed by atoms with Crippen LogP contribution in [0.3, 0.4) is 0 Å². The van der Waals surface area contributed by atoms with Gasteiger partial charge in [-0.05, 0) is 47.2 Å². The first-order chi connectivity index (χ1) is 14.1. The minimum atomic E-state index is -1.05. The van der Waals surface area contributed by atoms with Crippen LogP contribution in [0, 0.1) is 5.82 Å². The molecule has 0 aliphatic carbocycles. The molecule has 1 N–H and O–H groups in total. The third kappa shape index (κ3) is 2.84. The van der Waals surface area contributed by atoms with Crippen molar-refractivity contribution in [1.82, 2.24) is 4.98 Å². The molecule has 0 saturated heterocycles. The van der Waals surface area contributed by atoms with Gasteiger partial charge in [0.1, 0.15) is 17.3 Å². The lowest BCUT2D eigenvalue weighted by atomic mass is 10.00. The van der Waals surface area contributed by atoms with Crippen molar-refractivity contribution < 1.29 is 18.7 Å². The standard InChI is InChI=1S/C24H14FNO3/c25-18-8-4-3-7-16(18)21-11-12-22(29-21)20-13-17(24(27)28)23-15-6-2-1-5-14(15)9-10-19(23)26-20/h1-13H,(H,27,28). The van der Waals surface area contributed by atoms with Crippen LogP contribution >= 0.6 is 0 Å². The average molecular weight is 383 g/mol. The highest BCUT2D eigenvalue weighted by Crippen LogP contribution is 2.33. The zero-order valence-corrected chi connectivity index (χ0v) is 15.1. The number of nitrogens with zero attached hydrogens (tertiary/aromatic N) is 1. The SMILES string of the molecule is O=C(O)c1cc(-c2ccc(-c3ccccc3F)o2)nc2ccc3ccccc3c12. The van der Waals surface area contributed by atoms with Gasteiger partial charge in [-0.2, -0.15) is 0 Å². The second-order valence-electron chi connectivity index (χ2n) is 6.68. The van der Waals surface area contributed by atoms with Crippen LogP contribution in [-0.4, -0.2) is 16.1 Å². The summed E-state index contributed by atoms with van der Waals surface area (Å²) < 4.78 is 19.9. The fraction of sp³-hybridized carbons (Fsp3) is 0. The maximum Gasteiger partial charge on any atom is 0.336 e. The quantitative estimate of drug-likeness (QED) is 0.379. The number of aromatic nitrogens is 1. The monoisotopic (exact) mass is 383 g/mol. The molecule has 5 aromatic rings. The van der Waals surface area contributed by atoms with Crippen LogP contribution in [-0.2, 0) is 0 Å². The molecule has 0 amide bonds. The summed E-state index contributed by atoms with van der Waals surface area (Å²) in [5, 5.41) is 12.2. The molecule has 5 heteroatoms. The smallest absolute Gasteiger partial charge is 0.336 e. The van der Waals surface area contributed by atoms with E-state index in [-0.39, 0.29) is 5.56 Å². The highest BCUT2D eigenvalue weighted by molar-refractivity contribution is 6.15. The summed E-state index contributed by atoms with van der Waals surface area (Å²) in [7, 11) is 0. The van der Waals surface area contributed by atoms with Gasteiger partial charge < -0.3 is 9.52 Å². The van der Waals surface area contributed by atoms with Crippen molar-refractivity contribution in [3.05, 3.63) is 90.2 Å². The molecular formula is C24H14FNO3. The average Bonchev–Trinajstić information content (AvgIpc) is 3.23. The summed E-state index contributed by atoms with van der Waals surface area (Å²) in [5.74, 6) is -0.704. The van der Waals surface area contributed by atoms with E-state index in [4.69, 9.17) is 4.42 Å². The van der Waals surface area contributed by atoms with E-state index in [2.05, 4.69) is 4.98 Å². The molecule has 0 fully saturated rings. The molecule has 29 heavy (non-hydrogen) atoms. The first kappa shape index (κ1) is 17.1. The molecule has 0 aliphatic rings. The molecule has 0 unspecified atom stereocenters. The molecule has 0 saturated carbocycles. The maximum atomic E-state index is 14.1. The lowest BCUT2D eigenvalue weighted by molar-refractivity contribution is 0.0699. The predicted molar refractivity (Wildman–Crippen MR) is 109 cm³/mol. The minimum Gasteiger partial charge on any atom is -0.478 e. The molecule has 0 atom stereocenters. The van der Waals surface area contributed by atoms with E-state index in [0.717, 1.165) is 10.8 Å². The van der Waals surface area contributed by atoms with Crippen LogP contribution in [0.25, 0.3) is 44.5 Å². The number of hydrogen-bond donors (Lipinski definition) is 1. The number of rotatable bonds is 3. The van der Waals surface area contributed by atoms with Gasteiger partial charge in [-0.3, -0.25) is 0 Å². The van der Waals surface area contributed by atoms with Crippen molar-refractivity contribution in [2.75, 3.05) is 0 Å². The van der Waals surface area contributed by atoms with Crippen LogP contribution in [0.2, 0.25) is 0 Å². The Balaban J connectivity index is 1.72. The first-order valence-electron chi connectivity index (χ1n) is 9.03. The Kier molecular flexibility index (Phi) is 3.88. The van der Waals surface area contributed by atoms with Crippen molar-refractivity contribution in [3.63, 3.8) is 0 Å². The number of halogens is 1.